The topological polar surface area (TPSA) is 28.3 Å². The lowest BCUT2D eigenvalue weighted by molar-refractivity contribution is 0.482. The molecule has 1 atom stereocenters. The fourth-order valence-corrected chi connectivity index (χ4v) is 13.6. The van der Waals surface area contributed by atoms with Gasteiger partial charge in [-0.15, -0.1) is 34.4 Å². The summed E-state index contributed by atoms with van der Waals surface area (Å²) in [5.74, 6) is 3.39. The van der Waals surface area contributed by atoms with Crippen LogP contribution in [-0.2, 0) is 13.1 Å². The van der Waals surface area contributed by atoms with Crippen LogP contribution in [0, 0.1) is 0 Å². The van der Waals surface area contributed by atoms with Gasteiger partial charge in [-0.2, -0.15) is 0 Å². The summed E-state index contributed by atoms with van der Waals surface area (Å²) in [6, 6.07) is 74.2. The number of hydrogen-bond donors (Lipinski definition) is 0. The molecule has 0 fully saturated rings. The quantitative estimate of drug-likeness (QED) is 0.122. The molecule has 7 heteroatoms. The van der Waals surface area contributed by atoms with Crippen LogP contribution in [0.25, 0.3) is 90.3 Å². The number of ether oxygens (including phenoxy) is 2. The van der Waals surface area contributed by atoms with Crippen molar-refractivity contribution in [3.8, 4) is 64.8 Å². The number of aromatic nitrogens is 2. The van der Waals surface area contributed by atoms with Crippen molar-refractivity contribution < 1.29 is 9.47 Å². The maximum Gasteiger partial charge on any atom is 0.127 e. The molecule has 0 saturated carbocycles. The first kappa shape index (κ1) is 43.5. The summed E-state index contributed by atoms with van der Waals surface area (Å²) in [5, 5.41) is 5.57. The molecule has 0 saturated heterocycles. The van der Waals surface area contributed by atoms with E-state index in [9.17, 15) is 0 Å². The number of allylic oxidation sites excluding steroid dienone is 1. The van der Waals surface area contributed by atoms with Gasteiger partial charge < -0.3 is 18.6 Å². The minimum Gasteiger partial charge on any atom is -0.457 e. The number of rotatable bonds is 12. The van der Waals surface area contributed by atoms with Crippen LogP contribution >= 0.6 is 34.4 Å². The summed E-state index contributed by atoms with van der Waals surface area (Å²) in [7, 11) is 0. The summed E-state index contributed by atoms with van der Waals surface area (Å²) in [5.41, 5.74) is 12.6. The average Bonchev–Trinajstić information content (AvgIpc) is 4.29. The van der Waals surface area contributed by atoms with Gasteiger partial charge in [0.2, 0.25) is 0 Å². The zero-order chi connectivity index (χ0) is 47.4. The summed E-state index contributed by atoms with van der Waals surface area (Å²) < 4.78 is 17.0. The molecule has 0 N–H and O–H groups in total. The highest BCUT2D eigenvalue weighted by molar-refractivity contribution is 8.08. The molecule has 0 spiro atoms. The van der Waals surface area contributed by atoms with Gasteiger partial charge in [0.25, 0.3) is 0 Å². The van der Waals surface area contributed by atoms with Crippen LogP contribution in [0.5, 0.6) is 23.0 Å². The highest BCUT2D eigenvalue weighted by Gasteiger charge is 2.23. The van der Waals surface area contributed by atoms with Gasteiger partial charge in [0, 0.05) is 86.4 Å². The van der Waals surface area contributed by atoms with Crippen molar-refractivity contribution in [3.05, 3.63) is 223 Å². The Kier molecular flexibility index (Phi) is 11.2. The van der Waals surface area contributed by atoms with Crippen LogP contribution in [0.4, 0.5) is 0 Å². The van der Waals surface area contributed by atoms with Crippen LogP contribution in [-0.4, -0.2) is 9.13 Å². The monoisotopic (exact) mass is 972 g/mol. The van der Waals surface area contributed by atoms with E-state index in [0.29, 0.717) is 5.25 Å². The summed E-state index contributed by atoms with van der Waals surface area (Å²) in [6.07, 6.45) is 3.43. The molecule has 0 bridgehead atoms. The predicted molar refractivity (Wildman–Crippen MR) is 304 cm³/mol. The van der Waals surface area contributed by atoms with Gasteiger partial charge >= 0.3 is 0 Å². The summed E-state index contributed by atoms with van der Waals surface area (Å²) in [6.45, 7) is 6.32. The van der Waals surface area contributed by atoms with Crippen LogP contribution in [0.1, 0.15) is 36.6 Å². The van der Waals surface area contributed by atoms with E-state index in [1.165, 1.54) is 101 Å². The molecule has 1 aliphatic heterocycles. The molecule has 13 rings (SSSR count). The summed E-state index contributed by atoms with van der Waals surface area (Å²) in [4.78, 5) is 6.39. The van der Waals surface area contributed by atoms with E-state index in [1.54, 1.807) is 0 Å². The molecular formula is C64H48N2O2S3. The molecular weight excluding hydrogens is 925 g/mol. The normalized spacial score (nSPS) is 13.7. The number of benzene rings is 8. The molecule has 5 heterocycles. The lowest BCUT2D eigenvalue weighted by Gasteiger charge is -2.12. The number of thiophene rings is 2. The Morgan fingerprint density at radius 1 is 0.394 bits per heavy atom. The zero-order valence-corrected chi connectivity index (χ0v) is 41.8. The Morgan fingerprint density at radius 3 is 1.20 bits per heavy atom. The second kappa shape index (κ2) is 18.3. The number of para-hydroxylation sites is 2. The van der Waals surface area contributed by atoms with Gasteiger partial charge in [-0.05, 0) is 187 Å². The Hall–Kier alpha value is -7.55. The Labute approximate surface area is 425 Å². The average molecular weight is 973 g/mol. The van der Waals surface area contributed by atoms with Crippen LogP contribution in [0.3, 0.4) is 0 Å². The van der Waals surface area contributed by atoms with E-state index in [4.69, 9.17) is 9.47 Å². The van der Waals surface area contributed by atoms with Crippen LogP contribution < -0.4 is 9.47 Å². The fraction of sp³-hybridized carbons (Fsp3) is 0.0938. The first-order valence-electron chi connectivity index (χ1n) is 24.4. The standard InChI is InChI=1S/C64H48N2O2S3/c1-3-65-55-27-19-43(61-33-31-59(69-61)41-15-23-49(24-16-41)67-47-11-7-5-8-12-47)37-51(55)53-39-45(21-29-57(53)65)63-35-36-64(71-63)46-22-30-58-54(40-46)52-38-44(20-28-56(52)66(58)4-2)62-34-32-60(70-62)42-17-25-50(26-18-42)68-48-13-9-6-10-14-48/h5-31,33-40,60H,3-4,32H2,1-2H3. The number of nitrogens with zero attached hydrogens (tertiary/aromatic N) is 2. The molecule has 1 aliphatic rings. The van der Waals surface area contributed by atoms with E-state index in [2.05, 4.69) is 175 Å². The third-order valence-corrected chi connectivity index (χ3v) is 17.6. The number of thioether (sulfide) groups is 1. The molecule has 0 radical (unpaired) electrons. The van der Waals surface area contributed by atoms with E-state index >= 15 is 0 Å². The molecule has 4 aromatic heterocycles. The molecule has 0 amide bonds. The molecule has 8 aromatic carbocycles. The van der Waals surface area contributed by atoms with Gasteiger partial charge in [-0.1, -0.05) is 78.9 Å². The first-order valence-corrected chi connectivity index (χ1v) is 26.9. The molecule has 71 heavy (non-hydrogen) atoms. The van der Waals surface area contributed by atoms with E-state index in [-0.39, 0.29) is 0 Å². The molecule has 0 aliphatic carbocycles. The van der Waals surface area contributed by atoms with Crippen molar-refractivity contribution in [1.29, 1.82) is 0 Å². The highest BCUT2D eigenvalue weighted by atomic mass is 32.2. The van der Waals surface area contributed by atoms with Crippen molar-refractivity contribution in [2.24, 2.45) is 0 Å². The Balaban J connectivity index is 0.766. The highest BCUT2D eigenvalue weighted by Crippen LogP contribution is 2.50. The molecule has 4 nitrogen and oxygen atoms in total. The van der Waals surface area contributed by atoms with Crippen molar-refractivity contribution in [3.63, 3.8) is 0 Å². The third-order valence-electron chi connectivity index (χ3n) is 13.8. The van der Waals surface area contributed by atoms with Gasteiger partial charge in [0.15, 0.2) is 0 Å². The largest absolute Gasteiger partial charge is 0.457 e. The molecule has 1 unspecified atom stereocenters. The lowest BCUT2D eigenvalue weighted by Crippen LogP contribution is -1.93. The Bertz CT molecular complexity index is 3950. The minimum absolute atomic E-state index is 0.378. The van der Waals surface area contributed by atoms with E-state index < -0.39 is 0 Å². The summed E-state index contributed by atoms with van der Waals surface area (Å²) >= 11 is 5.68. The maximum atomic E-state index is 6.07. The maximum absolute atomic E-state index is 6.07. The number of hydrogen-bond acceptors (Lipinski definition) is 5. The van der Waals surface area contributed by atoms with E-state index in [0.717, 1.165) is 42.5 Å². The second-order valence-corrected chi connectivity index (χ2v) is 21.5. The van der Waals surface area contributed by atoms with Gasteiger partial charge in [0.05, 0.1) is 0 Å². The van der Waals surface area contributed by atoms with Crippen molar-refractivity contribution in [2.45, 2.75) is 38.6 Å². The third kappa shape index (κ3) is 8.14. The van der Waals surface area contributed by atoms with Crippen molar-refractivity contribution in [1.82, 2.24) is 9.13 Å². The fourth-order valence-electron chi connectivity index (χ4n) is 10.3. The number of fused-ring (bicyclic) bond motifs is 6. The minimum atomic E-state index is 0.378. The lowest BCUT2D eigenvalue weighted by atomic mass is 10.0. The first-order chi connectivity index (χ1) is 35.0. The van der Waals surface area contributed by atoms with Crippen molar-refractivity contribution >= 4 is 83.0 Å². The Morgan fingerprint density at radius 2 is 0.761 bits per heavy atom. The van der Waals surface area contributed by atoms with Gasteiger partial charge in [-0.25, -0.2) is 0 Å². The van der Waals surface area contributed by atoms with Crippen LogP contribution in [0.15, 0.2) is 212 Å². The van der Waals surface area contributed by atoms with Crippen LogP contribution in [0.2, 0.25) is 0 Å². The number of aryl methyl sites for hydroxylation is 2. The van der Waals surface area contributed by atoms with E-state index in [1.807, 2.05) is 95.1 Å². The van der Waals surface area contributed by atoms with Crippen molar-refractivity contribution in [2.75, 3.05) is 0 Å². The second-order valence-electron chi connectivity index (χ2n) is 18.1. The smallest absolute Gasteiger partial charge is 0.127 e. The predicted octanol–water partition coefficient (Wildman–Crippen LogP) is 19.5. The SMILES string of the molecule is CCn1c2ccc(C3=CCC(c4ccc(Oc5ccccc5)cc4)S3)cc2c2cc(-c3ccc(-c4ccc5c(c4)c4cc(-c6ccc(-c7ccc(Oc8ccccc8)cc7)s6)ccc4n5CC)s3)ccc21. The zero-order valence-electron chi connectivity index (χ0n) is 39.3. The molecule has 344 valence electrons. The molecule has 12 aromatic rings. The van der Waals surface area contributed by atoms with Gasteiger partial charge in [-0.3, -0.25) is 0 Å². The van der Waals surface area contributed by atoms with Gasteiger partial charge in [0.1, 0.15) is 23.0 Å².